The van der Waals surface area contributed by atoms with Gasteiger partial charge < -0.3 is 23.7 Å². The first-order chi connectivity index (χ1) is 25.8. The minimum absolute atomic E-state index is 0.140. The molecule has 0 bridgehead atoms. The molecule has 0 aliphatic carbocycles. The summed E-state index contributed by atoms with van der Waals surface area (Å²) in [4.78, 5) is 33.9. The van der Waals surface area contributed by atoms with Gasteiger partial charge in [-0.2, -0.15) is 0 Å². The van der Waals surface area contributed by atoms with Crippen LogP contribution in [0.3, 0.4) is 0 Å². The van der Waals surface area contributed by atoms with Gasteiger partial charge in [-0.15, -0.1) is 6.58 Å². The zero-order chi connectivity index (χ0) is 37.5. The van der Waals surface area contributed by atoms with Gasteiger partial charge in [-0.3, -0.25) is 9.36 Å². The van der Waals surface area contributed by atoms with E-state index in [-0.39, 0.29) is 24.3 Å². The van der Waals surface area contributed by atoms with Gasteiger partial charge in [-0.05, 0) is 67.8 Å². The molecule has 0 unspecified atom stereocenters. The Balaban J connectivity index is 1.56. The number of ether oxygens (including phenoxy) is 5. The Hall–Kier alpha value is -5.58. The normalized spacial score (nSPS) is 13.9. The number of allylic oxidation sites excluding steroid dienone is 1. The number of carbonyl (C=O) groups excluding carboxylic acids is 1. The van der Waals surface area contributed by atoms with Crippen LogP contribution < -0.4 is 33.8 Å². The molecule has 9 nitrogen and oxygen atoms in total. The molecule has 0 saturated heterocycles. The highest BCUT2D eigenvalue weighted by molar-refractivity contribution is 7.07. The second kappa shape index (κ2) is 16.8. The van der Waals surface area contributed by atoms with E-state index in [2.05, 4.69) is 6.58 Å². The van der Waals surface area contributed by atoms with Crippen LogP contribution in [0.4, 0.5) is 0 Å². The third-order valence-corrected chi connectivity index (χ3v) is 9.89. The highest BCUT2D eigenvalue weighted by Crippen LogP contribution is 2.39. The van der Waals surface area contributed by atoms with Crippen LogP contribution in [0.2, 0.25) is 5.02 Å². The number of halogens is 1. The largest absolute Gasteiger partial charge is 0.493 e. The molecule has 272 valence electrons. The molecule has 1 aliphatic heterocycles. The van der Waals surface area contributed by atoms with Crippen molar-refractivity contribution >= 4 is 40.7 Å². The fourth-order valence-electron chi connectivity index (χ4n) is 6.20. The van der Waals surface area contributed by atoms with Crippen molar-refractivity contribution in [1.29, 1.82) is 0 Å². The third kappa shape index (κ3) is 7.79. The van der Waals surface area contributed by atoms with Crippen LogP contribution in [0.15, 0.2) is 113 Å². The first-order valence-electron chi connectivity index (χ1n) is 17.1. The molecular formula is C42H39ClN2O7S. The van der Waals surface area contributed by atoms with Crippen LogP contribution in [-0.4, -0.2) is 38.0 Å². The molecule has 4 aromatic carbocycles. The van der Waals surface area contributed by atoms with E-state index in [1.165, 1.54) is 18.4 Å². The van der Waals surface area contributed by atoms with E-state index in [9.17, 15) is 9.59 Å². The summed E-state index contributed by atoms with van der Waals surface area (Å²) < 4.78 is 31.1. The average Bonchev–Trinajstić information content (AvgIpc) is 3.48. The Bertz CT molecular complexity index is 2370. The number of thiazole rings is 1. The van der Waals surface area contributed by atoms with Crippen LogP contribution in [-0.2, 0) is 22.6 Å². The second-order valence-corrected chi connectivity index (χ2v) is 13.3. The summed E-state index contributed by atoms with van der Waals surface area (Å²) in [6.07, 6.45) is 4.08. The van der Waals surface area contributed by atoms with Gasteiger partial charge in [-0.1, -0.05) is 83.6 Å². The van der Waals surface area contributed by atoms with Gasteiger partial charge in [-0.25, -0.2) is 9.79 Å². The predicted octanol–water partition coefficient (Wildman–Crippen LogP) is 7.31. The Kier molecular flexibility index (Phi) is 11.8. The molecule has 2 heterocycles. The van der Waals surface area contributed by atoms with Crippen molar-refractivity contribution in [2.24, 2.45) is 4.99 Å². The molecule has 1 aliphatic rings. The molecule has 1 atom stereocenters. The molecule has 0 saturated carbocycles. The standard InChI is InChI=1S/C42H39ClN2O7S/c1-6-14-29-21-26(22-34(50-7-2)39(29)52-25-30-17-12-13-18-31(30)43)23-35-40(46)45-38(28-19-20-32(48-4)33(24-28)49-5)36(41(47)51-8-3)37(44-42(45)53-35)27-15-10-9-11-16-27/h6,9-13,15-24,38H,1,7-8,14,25H2,2-5H3/b35-23+/t38-/m1/s1. The maximum atomic E-state index is 14.6. The average molecular weight is 751 g/mol. The number of rotatable bonds is 14. The molecule has 0 amide bonds. The molecule has 0 spiro atoms. The highest BCUT2D eigenvalue weighted by Gasteiger charge is 2.35. The molecular weight excluding hydrogens is 712 g/mol. The first kappa shape index (κ1) is 37.2. The van der Waals surface area contributed by atoms with Crippen molar-refractivity contribution < 1.29 is 28.5 Å². The summed E-state index contributed by atoms with van der Waals surface area (Å²) in [7, 11) is 3.09. The number of nitrogens with zero attached hydrogens (tertiary/aromatic N) is 2. The summed E-state index contributed by atoms with van der Waals surface area (Å²) in [5, 5.41) is 0.607. The number of hydrogen-bond acceptors (Lipinski definition) is 9. The number of esters is 1. The number of fused-ring (bicyclic) bond motifs is 1. The van der Waals surface area contributed by atoms with Crippen LogP contribution in [0, 0.1) is 0 Å². The Morgan fingerprint density at radius 1 is 0.906 bits per heavy atom. The van der Waals surface area contributed by atoms with Crippen molar-refractivity contribution in [2.45, 2.75) is 32.9 Å². The first-order valence-corrected chi connectivity index (χ1v) is 18.3. The molecule has 1 aromatic heterocycles. The van der Waals surface area contributed by atoms with Crippen molar-refractivity contribution in [3.63, 3.8) is 0 Å². The Morgan fingerprint density at radius 2 is 1.66 bits per heavy atom. The van der Waals surface area contributed by atoms with Gasteiger partial charge in [0.1, 0.15) is 6.61 Å². The lowest BCUT2D eigenvalue weighted by Crippen LogP contribution is -2.40. The van der Waals surface area contributed by atoms with Gasteiger partial charge in [0.2, 0.25) is 0 Å². The van der Waals surface area contributed by atoms with Crippen molar-refractivity contribution in [3.8, 4) is 23.0 Å². The molecule has 6 rings (SSSR count). The number of methoxy groups -OCH3 is 2. The molecule has 53 heavy (non-hydrogen) atoms. The topological polar surface area (TPSA) is 97.6 Å². The minimum atomic E-state index is -0.890. The molecule has 5 aromatic rings. The van der Waals surface area contributed by atoms with E-state index in [0.717, 1.165) is 16.7 Å². The summed E-state index contributed by atoms with van der Waals surface area (Å²) in [6.45, 7) is 8.37. The maximum Gasteiger partial charge on any atom is 0.338 e. The van der Waals surface area contributed by atoms with E-state index in [1.807, 2.05) is 79.7 Å². The lowest BCUT2D eigenvalue weighted by atomic mass is 9.93. The monoisotopic (exact) mass is 750 g/mol. The van der Waals surface area contributed by atoms with Gasteiger partial charge in [0.25, 0.3) is 5.56 Å². The number of hydrogen-bond donors (Lipinski definition) is 0. The lowest BCUT2D eigenvalue weighted by molar-refractivity contribution is -0.138. The summed E-state index contributed by atoms with van der Waals surface area (Å²) in [5.41, 5.74) is 4.04. The fraction of sp³-hybridized carbons (Fsp3) is 0.214. The number of carbonyl (C=O) groups is 1. The molecule has 0 N–H and O–H groups in total. The number of benzene rings is 4. The van der Waals surface area contributed by atoms with E-state index >= 15 is 0 Å². The summed E-state index contributed by atoms with van der Waals surface area (Å²) in [6, 6.07) is 25.2. The number of aromatic nitrogens is 1. The Morgan fingerprint density at radius 3 is 2.36 bits per heavy atom. The van der Waals surface area contributed by atoms with E-state index in [0.29, 0.717) is 67.2 Å². The van der Waals surface area contributed by atoms with E-state index in [1.54, 1.807) is 42.9 Å². The van der Waals surface area contributed by atoms with Gasteiger partial charge in [0.15, 0.2) is 27.8 Å². The van der Waals surface area contributed by atoms with Crippen LogP contribution >= 0.6 is 22.9 Å². The van der Waals surface area contributed by atoms with Crippen LogP contribution in [0.1, 0.15) is 47.7 Å². The zero-order valence-electron chi connectivity index (χ0n) is 29.9. The molecule has 0 fully saturated rings. The minimum Gasteiger partial charge on any atom is -0.493 e. The SMILES string of the molecule is C=CCc1cc(/C=c2/sc3n(c2=O)[C@H](c2ccc(OC)c(OC)c2)C(C(=O)OCC)=C(c2ccccc2)N=3)cc(OCC)c1OCc1ccccc1Cl. The van der Waals surface area contributed by atoms with Gasteiger partial charge >= 0.3 is 5.97 Å². The van der Waals surface area contributed by atoms with Crippen molar-refractivity contribution in [1.82, 2.24) is 4.57 Å². The van der Waals surface area contributed by atoms with Crippen LogP contribution in [0.5, 0.6) is 23.0 Å². The van der Waals surface area contributed by atoms with Crippen LogP contribution in [0.25, 0.3) is 11.8 Å². The summed E-state index contributed by atoms with van der Waals surface area (Å²) in [5.74, 6) is 1.48. The smallest absolute Gasteiger partial charge is 0.338 e. The highest BCUT2D eigenvalue weighted by atomic mass is 35.5. The predicted molar refractivity (Wildman–Crippen MR) is 208 cm³/mol. The quantitative estimate of drug-likeness (QED) is 0.0868. The van der Waals surface area contributed by atoms with Gasteiger partial charge in [0.05, 0.1) is 49.3 Å². The van der Waals surface area contributed by atoms with Crippen molar-refractivity contribution in [2.75, 3.05) is 27.4 Å². The molecule has 11 heteroatoms. The fourth-order valence-corrected chi connectivity index (χ4v) is 7.39. The van der Waals surface area contributed by atoms with Crippen molar-refractivity contribution in [3.05, 3.63) is 156 Å². The maximum absolute atomic E-state index is 14.6. The second-order valence-electron chi connectivity index (χ2n) is 11.9. The lowest BCUT2D eigenvalue weighted by Gasteiger charge is -2.26. The van der Waals surface area contributed by atoms with E-state index < -0.39 is 12.0 Å². The van der Waals surface area contributed by atoms with Gasteiger partial charge in [0, 0.05) is 21.7 Å². The third-order valence-electron chi connectivity index (χ3n) is 8.54. The Labute approximate surface area is 316 Å². The molecule has 0 radical (unpaired) electrons. The zero-order valence-corrected chi connectivity index (χ0v) is 31.5. The van der Waals surface area contributed by atoms with E-state index in [4.69, 9.17) is 40.3 Å². The summed E-state index contributed by atoms with van der Waals surface area (Å²) >= 11 is 7.65.